The summed E-state index contributed by atoms with van der Waals surface area (Å²) in [5.74, 6) is 2.98. The molecule has 0 aromatic rings. The summed E-state index contributed by atoms with van der Waals surface area (Å²) < 4.78 is 5.21. The number of hydrogen-bond acceptors (Lipinski definition) is 2. The van der Waals surface area contributed by atoms with Crippen LogP contribution in [0.25, 0.3) is 0 Å². The average Bonchev–Trinajstić information content (AvgIpc) is 2.02. The van der Waals surface area contributed by atoms with Crippen molar-refractivity contribution >= 4 is 8.07 Å². The fraction of sp³-hybridized carbons (Fsp3) is 0.800. The predicted octanol–water partition coefficient (Wildman–Crippen LogP) is 1.41. The lowest BCUT2D eigenvalue weighted by Gasteiger charge is -2.27. The van der Waals surface area contributed by atoms with Crippen molar-refractivity contribution in [2.24, 2.45) is 0 Å². The minimum atomic E-state index is -1.36. The smallest absolute Gasteiger partial charge is 0.148 e. The summed E-state index contributed by atoms with van der Waals surface area (Å²) in [5, 5.41) is 9.96. The molecule has 0 saturated carbocycles. The van der Waals surface area contributed by atoms with E-state index < -0.39 is 13.7 Å². The van der Waals surface area contributed by atoms with Gasteiger partial charge in [-0.2, -0.15) is 0 Å². The molecule has 1 aliphatic rings. The van der Waals surface area contributed by atoms with Crippen LogP contribution >= 0.6 is 0 Å². The first-order valence-electron chi connectivity index (χ1n) is 4.76. The maximum Gasteiger partial charge on any atom is 0.148 e. The van der Waals surface area contributed by atoms with Gasteiger partial charge in [-0.05, 0) is 12.8 Å². The zero-order valence-electron chi connectivity index (χ0n) is 8.68. The van der Waals surface area contributed by atoms with Crippen LogP contribution in [0.3, 0.4) is 0 Å². The van der Waals surface area contributed by atoms with Gasteiger partial charge in [0.05, 0.1) is 6.61 Å². The second-order valence-corrected chi connectivity index (χ2v) is 9.44. The third-order valence-corrected chi connectivity index (χ3v) is 2.77. The quantitative estimate of drug-likeness (QED) is 0.471. The third-order valence-electron chi connectivity index (χ3n) is 1.89. The first kappa shape index (κ1) is 10.8. The van der Waals surface area contributed by atoms with E-state index in [0.29, 0.717) is 6.61 Å². The lowest BCUT2D eigenvalue weighted by Crippen LogP contribution is -2.37. The highest BCUT2D eigenvalue weighted by molar-refractivity contribution is 6.83. The molecule has 1 N–H and O–H groups in total. The van der Waals surface area contributed by atoms with Gasteiger partial charge in [-0.15, -0.1) is 5.54 Å². The molecular weight excluding hydrogens is 180 g/mol. The van der Waals surface area contributed by atoms with Gasteiger partial charge in [0.15, 0.2) is 0 Å². The minimum absolute atomic E-state index is 0.379. The van der Waals surface area contributed by atoms with Crippen molar-refractivity contribution in [2.75, 3.05) is 13.2 Å². The van der Waals surface area contributed by atoms with E-state index in [2.05, 4.69) is 31.1 Å². The second-order valence-electron chi connectivity index (χ2n) is 4.69. The Kier molecular flexibility index (Phi) is 3.17. The summed E-state index contributed by atoms with van der Waals surface area (Å²) in [5.41, 5.74) is 2.33. The van der Waals surface area contributed by atoms with Crippen molar-refractivity contribution in [3.05, 3.63) is 0 Å². The van der Waals surface area contributed by atoms with Crippen molar-refractivity contribution in [1.29, 1.82) is 0 Å². The van der Waals surface area contributed by atoms with E-state index in [1.54, 1.807) is 0 Å². The Morgan fingerprint density at radius 2 is 2.08 bits per heavy atom. The van der Waals surface area contributed by atoms with Gasteiger partial charge in [-0.1, -0.05) is 25.6 Å². The summed E-state index contributed by atoms with van der Waals surface area (Å²) >= 11 is 0. The van der Waals surface area contributed by atoms with E-state index in [1.807, 2.05) is 0 Å². The Balaban J connectivity index is 2.63. The van der Waals surface area contributed by atoms with Crippen LogP contribution in [-0.4, -0.2) is 32.0 Å². The summed E-state index contributed by atoms with van der Waals surface area (Å²) in [7, 11) is -1.36. The predicted molar refractivity (Wildman–Crippen MR) is 56.1 cm³/mol. The molecule has 1 rings (SSSR count). The van der Waals surface area contributed by atoms with Crippen LogP contribution in [0.1, 0.15) is 12.8 Å². The summed E-state index contributed by atoms with van der Waals surface area (Å²) in [6.07, 6.45) is 1.67. The van der Waals surface area contributed by atoms with Crippen molar-refractivity contribution in [3.63, 3.8) is 0 Å². The van der Waals surface area contributed by atoms with Gasteiger partial charge in [-0.3, -0.25) is 0 Å². The number of ether oxygens (including phenoxy) is 1. The average molecular weight is 198 g/mol. The van der Waals surface area contributed by atoms with E-state index in [9.17, 15) is 5.11 Å². The normalized spacial score (nSPS) is 29.2. The first-order chi connectivity index (χ1) is 5.91. The molecule has 0 aromatic heterocycles. The maximum atomic E-state index is 9.96. The molecule has 74 valence electrons. The molecule has 2 nitrogen and oxygen atoms in total. The van der Waals surface area contributed by atoms with Crippen LogP contribution in [0.4, 0.5) is 0 Å². The van der Waals surface area contributed by atoms with Gasteiger partial charge in [0.25, 0.3) is 0 Å². The molecule has 1 heterocycles. The zero-order valence-corrected chi connectivity index (χ0v) is 9.68. The molecule has 0 aliphatic carbocycles. The molecule has 0 bridgehead atoms. The van der Waals surface area contributed by atoms with E-state index in [4.69, 9.17) is 4.74 Å². The molecule has 3 heteroatoms. The SMILES string of the molecule is C[Si](C)(C)C#CC1(O)CCCOC1. The summed E-state index contributed by atoms with van der Waals surface area (Å²) in [6.45, 7) is 7.66. The molecule has 0 radical (unpaired) electrons. The highest BCUT2D eigenvalue weighted by Gasteiger charge is 2.28. The molecule has 1 fully saturated rings. The lowest BCUT2D eigenvalue weighted by molar-refractivity contribution is -0.0480. The first-order valence-corrected chi connectivity index (χ1v) is 8.26. The van der Waals surface area contributed by atoms with Gasteiger partial charge in [-0.25, -0.2) is 0 Å². The highest BCUT2D eigenvalue weighted by Crippen LogP contribution is 2.18. The van der Waals surface area contributed by atoms with E-state index in [1.165, 1.54) is 0 Å². The summed E-state index contributed by atoms with van der Waals surface area (Å²) in [6, 6.07) is 0. The number of aliphatic hydroxyl groups is 1. The molecular formula is C10H18O2Si. The topological polar surface area (TPSA) is 29.5 Å². The van der Waals surface area contributed by atoms with Gasteiger partial charge in [0, 0.05) is 6.61 Å². The Morgan fingerprint density at radius 1 is 1.38 bits per heavy atom. The molecule has 0 spiro atoms. The summed E-state index contributed by atoms with van der Waals surface area (Å²) in [4.78, 5) is 0. The Morgan fingerprint density at radius 3 is 2.54 bits per heavy atom. The van der Waals surface area contributed by atoms with E-state index >= 15 is 0 Å². The number of rotatable bonds is 0. The van der Waals surface area contributed by atoms with Crippen LogP contribution in [0.5, 0.6) is 0 Å². The van der Waals surface area contributed by atoms with Crippen LogP contribution in [0.2, 0.25) is 19.6 Å². The molecule has 1 aliphatic heterocycles. The largest absolute Gasteiger partial charge is 0.377 e. The van der Waals surface area contributed by atoms with Crippen molar-refractivity contribution < 1.29 is 9.84 Å². The van der Waals surface area contributed by atoms with Gasteiger partial charge >= 0.3 is 0 Å². The van der Waals surface area contributed by atoms with E-state index in [0.717, 1.165) is 19.4 Å². The fourth-order valence-electron chi connectivity index (χ4n) is 1.18. The van der Waals surface area contributed by atoms with Gasteiger partial charge < -0.3 is 9.84 Å². The molecule has 1 unspecified atom stereocenters. The third kappa shape index (κ3) is 3.95. The molecule has 1 atom stereocenters. The van der Waals surface area contributed by atoms with Crippen molar-refractivity contribution in [3.8, 4) is 11.5 Å². The Labute approximate surface area is 81.3 Å². The van der Waals surface area contributed by atoms with Crippen LogP contribution < -0.4 is 0 Å². The van der Waals surface area contributed by atoms with Crippen LogP contribution in [0.15, 0.2) is 0 Å². The standard InChI is InChI=1S/C10H18O2Si/c1-13(2,3)8-6-10(11)5-4-7-12-9-10/h11H,4-5,7,9H2,1-3H3. The van der Waals surface area contributed by atoms with Crippen LogP contribution in [-0.2, 0) is 4.74 Å². The lowest BCUT2D eigenvalue weighted by atomic mass is 9.98. The Bertz CT molecular complexity index is 226. The van der Waals surface area contributed by atoms with Crippen molar-refractivity contribution in [1.82, 2.24) is 0 Å². The fourth-order valence-corrected chi connectivity index (χ4v) is 1.79. The molecule has 0 amide bonds. The number of hydrogen-bond donors (Lipinski definition) is 1. The maximum absolute atomic E-state index is 9.96. The molecule has 0 aromatic carbocycles. The molecule has 1 saturated heterocycles. The van der Waals surface area contributed by atoms with Gasteiger partial charge in [0.1, 0.15) is 13.7 Å². The molecule has 13 heavy (non-hydrogen) atoms. The van der Waals surface area contributed by atoms with Crippen LogP contribution in [0, 0.1) is 11.5 Å². The second kappa shape index (κ2) is 3.83. The van der Waals surface area contributed by atoms with E-state index in [-0.39, 0.29) is 0 Å². The minimum Gasteiger partial charge on any atom is -0.377 e. The Hall–Kier alpha value is -0.303. The van der Waals surface area contributed by atoms with Gasteiger partial charge in [0.2, 0.25) is 0 Å². The highest BCUT2D eigenvalue weighted by atomic mass is 28.3. The monoisotopic (exact) mass is 198 g/mol. The van der Waals surface area contributed by atoms with Crippen molar-refractivity contribution in [2.45, 2.75) is 38.1 Å². The zero-order chi connectivity index (χ0) is 9.95.